The molecule has 0 aliphatic rings. The van der Waals surface area contributed by atoms with Crippen LogP contribution in [0, 0.1) is 11.3 Å². The monoisotopic (exact) mass is 320 g/mol. The largest absolute Gasteiger partial charge is 0.382 e. The van der Waals surface area contributed by atoms with Crippen LogP contribution in [0.4, 0.5) is 0 Å². The van der Waals surface area contributed by atoms with E-state index in [4.69, 9.17) is 23.7 Å². The topological polar surface area (TPSA) is 46.2 Å². The summed E-state index contributed by atoms with van der Waals surface area (Å²) in [6, 6.07) is 0. The van der Waals surface area contributed by atoms with Crippen LogP contribution in [0.2, 0.25) is 0 Å². The van der Waals surface area contributed by atoms with Gasteiger partial charge >= 0.3 is 0 Å². The fourth-order valence-electron chi connectivity index (χ4n) is 1.73. The van der Waals surface area contributed by atoms with Crippen molar-refractivity contribution in [2.24, 2.45) is 11.3 Å². The average Bonchev–Trinajstić information content (AvgIpc) is 2.46. The smallest absolute Gasteiger partial charge is 0.0701 e. The second-order valence-electron chi connectivity index (χ2n) is 6.43. The van der Waals surface area contributed by atoms with Crippen LogP contribution >= 0.6 is 0 Å². The van der Waals surface area contributed by atoms with Gasteiger partial charge in [-0.05, 0) is 11.8 Å². The molecule has 0 saturated carbocycles. The standard InChI is InChI=1S/C17H36O5/c1-6-7-19-10-12-21-14-16(17(2,3)4)15-22-13-11-20-9-8-18-5/h16H,6-15H2,1-5H3. The zero-order valence-corrected chi connectivity index (χ0v) is 15.2. The predicted molar refractivity (Wildman–Crippen MR) is 88.4 cm³/mol. The molecule has 22 heavy (non-hydrogen) atoms. The SMILES string of the molecule is CCCOCCOCC(COCCOCCOC)C(C)(C)C. The van der Waals surface area contributed by atoms with Gasteiger partial charge in [0.1, 0.15) is 0 Å². The summed E-state index contributed by atoms with van der Waals surface area (Å²) in [5.74, 6) is 0.359. The molecule has 0 spiro atoms. The summed E-state index contributed by atoms with van der Waals surface area (Å²) in [6.07, 6.45) is 1.05. The molecule has 0 aromatic carbocycles. The zero-order chi connectivity index (χ0) is 16.7. The highest BCUT2D eigenvalue weighted by molar-refractivity contribution is 4.73. The second kappa shape index (κ2) is 14.4. The van der Waals surface area contributed by atoms with Gasteiger partial charge < -0.3 is 23.7 Å². The van der Waals surface area contributed by atoms with E-state index in [2.05, 4.69) is 27.7 Å². The molecule has 1 unspecified atom stereocenters. The van der Waals surface area contributed by atoms with Crippen LogP contribution in [0.15, 0.2) is 0 Å². The van der Waals surface area contributed by atoms with Crippen molar-refractivity contribution >= 4 is 0 Å². The molecular weight excluding hydrogens is 284 g/mol. The maximum absolute atomic E-state index is 5.73. The van der Waals surface area contributed by atoms with Gasteiger partial charge in [-0.3, -0.25) is 0 Å². The normalized spacial score (nSPS) is 13.5. The molecule has 134 valence electrons. The Morgan fingerprint density at radius 1 is 0.682 bits per heavy atom. The molecule has 0 N–H and O–H groups in total. The van der Waals surface area contributed by atoms with E-state index in [-0.39, 0.29) is 5.41 Å². The Balaban J connectivity index is 3.71. The molecule has 5 nitrogen and oxygen atoms in total. The third kappa shape index (κ3) is 13.5. The summed E-state index contributed by atoms with van der Waals surface area (Å²) >= 11 is 0. The first-order valence-electron chi connectivity index (χ1n) is 8.32. The molecule has 5 heteroatoms. The quantitative estimate of drug-likeness (QED) is 0.434. The molecule has 0 rings (SSSR count). The van der Waals surface area contributed by atoms with Crippen LogP contribution < -0.4 is 0 Å². The van der Waals surface area contributed by atoms with E-state index in [0.717, 1.165) is 13.0 Å². The van der Waals surface area contributed by atoms with Crippen molar-refractivity contribution in [2.75, 3.05) is 66.6 Å². The van der Waals surface area contributed by atoms with Crippen molar-refractivity contribution < 1.29 is 23.7 Å². The van der Waals surface area contributed by atoms with E-state index in [9.17, 15) is 0 Å². The summed E-state index contributed by atoms with van der Waals surface area (Å²) in [4.78, 5) is 0. The number of hydrogen-bond acceptors (Lipinski definition) is 5. The summed E-state index contributed by atoms with van der Waals surface area (Å²) < 4.78 is 27.2. The van der Waals surface area contributed by atoms with Gasteiger partial charge in [-0.2, -0.15) is 0 Å². The minimum absolute atomic E-state index is 0.154. The van der Waals surface area contributed by atoms with Crippen LogP contribution in [0.1, 0.15) is 34.1 Å². The van der Waals surface area contributed by atoms with Crippen LogP contribution in [0.5, 0.6) is 0 Å². The average molecular weight is 320 g/mol. The van der Waals surface area contributed by atoms with Crippen LogP contribution in [0.3, 0.4) is 0 Å². The van der Waals surface area contributed by atoms with Gasteiger partial charge in [-0.25, -0.2) is 0 Å². The Bertz CT molecular complexity index is 228. The number of hydrogen-bond donors (Lipinski definition) is 0. The van der Waals surface area contributed by atoms with E-state index in [1.165, 1.54) is 0 Å². The molecule has 0 aliphatic heterocycles. The van der Waals surface area contributed by atoms with Gasteiger partial charge in [-0.15, -0.1) is 0 Å². The highest BCUT2D eigenvalue weighted by atomic mass is 16.5. The van der Waals surface area contributed by atoms with Crippen molar-refractivity contribution in [3.8, 4) is 0 Å². The second-order valence-corrected chi connectivity index (χ2v) is 6.43. The van der Waals surface area contributed by atoms with Crippen molar-refractivity contribution in [1.29, 1.82) is 0 Å². The molecule has 0 amide bonds. The van der Waals surface area contributed by atoms with Crippen LogP contribution in [-0.4, -0.2) is 66.6 Å². The van der Waals surface area contributed by atoms with Crippen LogP contribution in [0.25, 0.3) is 0 Å². The number of ether oxygens (including phenoxy) is 5. The zero-order valence-electron chi connectivity index (χ0n) is 15.2. The third-order valence-corrected chi connectivity index (χ3v) is 3.39. The van der Waals surface area contributed by atoms with Crippen molar-refractivity contribution in [1.82, 2.24) is 0 Å². The highest BCUT2D eigenvalue weighted by Gasteiger charge is 2.25. The maximum atomic E-state index is 5.73. The molecule has 0 bridgehead atoms. The molecule has 0 radical (unpaired) electrons. The van der Waals surface area contributed by atoms with E-state index in [1.807, 2.05) is 0 Å². The van der Waals surface area contributed by atoms with Gasteiger partial charge in [0.2, 0.25) is 0 Å². The van der Waals surface area contributed by atoms with Crippen molar-refractivity contribution in [2.45, 2.75) is 34.1 Å². The first kappa shape index (κ1) is 21.8. The Labute approximate surface area is 136 Å². The van der Waals surface area contributed by atoms with Gasteiger partial charge in [0.05, 0.1) is 52.9 Å². The molecule has 0 heterocycles. The Hall–Kier alpha value is -0.200. The third-order valence-electron chi connectivity index (χ3n) is 3.39. The number of methoxy groups -OCH3 is 1. The summed E-state index contributed by atoms with van der Waals surface area (Å²) in [5.41, 5.74) is 0.154. The maximum Gasteiger partial charge on any atom is 0.0701 e. The fourth-order valence-corrected chi connectivity index (χ4v) is 1.73. The van der Waals surface area contributed by atoms with Gasteiger partial charge in [0, 0.05) is 19.6 Å². The first-order chi connectivity index (χ1) is 10.5. The van der Waals surface area contributed by atoms with E-state index in [0.29, 0.717) is 58.8 Å². The van der Waals surface area contributed by atoms with E-state index < -0.39 is 0 Å². The summed E-state index contributed by atoms with van der Waals surface area (Å²) in [6.45, 7) is 14.7. The first-order valence-corrected chi connectivity index (χ1v) is 8.32. The molecule has 0 aliphatic carbocycles. The summed E-state index contributed by atoms with van der Waals surface area (Å²) in [5, 5.41) is 0. The lowest BCUT2D eigenvalue weighted by molar-refractivity contribution is -0.0343. The molecule has 0 aromatic rings. The van der Waals surface area contributed by atoms with Gasteiger partial charge in [0.25, 0.3) is 0 Å². The van der Waals surface area contributed by atoms with E-state index in [1.54, 1.807) is 7.11 Å². The highest BCUT2D eigenvalue weighted by Crippen LogP contribution is 2.26. The molecule has 1 atom stereocenters. The molecule has 0 aromatic heterocycles. The predicted octanol–water partition coefficient (Wildman–Crippen LogP) is 2.77. The lowest BCUT2D eigenvalue weighted by Gasteiger charge is -2.30. The van der Waals surface area contributed by atoms with Gasteiger partial charge in [0.15, 0.2) is 0 Å². The van der Waals surface area contributed by atoms with Crippen molar-refractivity contribution in [3.63, 3.8) is 0 Å². The van der Waals surface area contributed by atoms with Crippen LogP contribution in [-0.2, 0) is 23.7 Å². The minimum Gasteiger partial charge on any atom is -0.382 e. The Morgan fingerprint density at radius 2 is 1.14 bits per heavy atom. The van der Waals surface area contributed by atoms with Gasteiger partial charge in [-0.1, -0.05) is 27.7 Å². The minimum atomic E-state index is 0.154. The van der Waals surface area contributed by atoms with Crippen molar-refractivity contribution in [3.05, 3.63) is 0 Å². The Kier molecular flexibility index (Phi) is 14.3. The Morgan fingerprint density at radius 3 is 1.59 bits per heavy atom. The van der Waals surface area contributed by atoms with E-state index >= 15 is 0 Å². The lowest BCUT2D eigenvalue weighted by Crippen LogP contribution is -2.30. The summed E-state index contributed by atoms with van der Waals surface area (Å²) in [7, 11) is 1.67. The fraction of sp³-hybridized carbons (Fsp3) is 1.00. The number of rotatable bonds is 15. The molecule has 0 fully saturated rings. The lowest BCUT2D eigenvalue weighted by atomic mass is 9.82. The molecular formula is C17H36O5. The molecule has 0 saturated heterocycles.